The van der Waals surface area contributed by atoms with Crippen LogP contribution in [0.2, 0.25) is 0 Å². The summed E-state index contributed by atoms with van der Waals surface area (Å²) in [6.45, 7) is 3.97. The second-order valence-corrected chi connectivity index (χ2v) is 17.5. The number of benzene rings is 4. The number of imide groups is 2. The Bertz CT molecular complexity index is 2310. The maximum absolute atomic E-state index is 13.6. The van der Waals surface area contributed by atoms with Crippen LogP contribution >= 0.6 is 21.6 Å². The number of nitrogens with one attached hydrogen (secondary N) is 2. The molecule has 4 heterocycles. The van der Waals surface area contributed by atoms with Gasteiger partial charge in [-0.2, -0.15) is 0 Å². The number of imidazole rings is 2. The number of nitrogens with zero attached hydrogens (tertiary/aromatic N) is 6. The average Bonchev–Trinajstić information content (AvgIpc) is 3.86. The first-order valence-corrected chi connectivity index (χ1v) is 22.4. The highest BCUT2D eigenvalue weighted by Crippen LogP contribution is 2.36. The molecule has 0 aliphatic carbocycles. The minimum Gasteiger partial charge on any atom is -0.384 e. The summed E-state index contributed by atoms with van der Waals surface area (Å²) in [7, 11) is 7.30. The summed E-state index contributed by atoms with van der Waals surface area (Å²) in [6.07, 6.45) is 15.6. The monoisotopic (exact) mass is 816 g/mol. The molecule has 2 N–H and O–H groups in total. The second-order valence-electron chi connectivity index (χ2n) is 14.8. The molecule has 0 bridgehead atoms. The fourth-order valence-electron chi connectivity index (χ4n) is 7.92. The Kier molecular flexibility index (Phi) is 11.8. The van der Waals surface area contributed by atoms with Gasteiger partial charge in [0.25, 0.3) is 23.6 Å². The topological polar surface area (TPSA) is 116 Å². The van der Waals surface area contributed by atoms with Crippen molar-refractivity contribution in [3.05, 3.63) is 120 Å². The van der Waals surface area contributed by atoms with Gasteiger partial charge in [-0.15, -0.1) is 0 Å². The van der Waals surface area contributed by atoms with Crippen molar-refractivity contribution in [2.24, 2.45) is 14.1 Å². The molecule has 0 fully saturated rings. The van der Waals surface area contributed by atoms with E-state index in [1.54, 1.807) is 21.6 Å². The lowest BCUT2D eigenvalue weighted by molar-refractivity contribution is -0.671. The predicted octanol–water partition coefficient (Wildman–Crippen LogP) is 6.30. The third kappa shape index (κ3) is 8.08. The zero-order chi connectivity index (χ0) is 40.2. The molecule has 0 spiro atoms. The van der Waals surface area contributed by atoms with Gasteiger partial charge in [0.05, 0.1) is 27.2 Å². The quantitative estimate of drug-likeness (QED) is 0.0424. The van der Waals surface area contributed by atoms with Gasteiger partial charge in [0.2, 0.25) is 12.7 Å². The van der Waals surface area contributed by atoms with Gasteiger partial charge < -0.3 is 10.6 Å². The van der Waals surface area contributed by atoms with E-state index in [-0.39, 0.29) is 23.6 Å². The van der Waals surface area contributed by atoms with Crippen LogP contribution in [0.15, 0.2) is 98.1 Å². The van der Waals surface area contributed by atoms with Crippen molar-refractivity contribution in [2.45, 2.75) is 38.8 Å². The van der Waals surface area contributed by atoms with Gasteiger partial charge in [0.15, 0.2) is 0 Å². The Balaban J connectivity index is 0.784. The van der Waals surface area contributed by atoms with Crippen LogP contribution in [0.3, 0.4) is 0 Å². The lowest BCUT2D eigenvalue weighted by atomic mass is 9.93. The zero-order valence-electron chi connectivity index (χ0n) is 32.9. The highest BCUT2D eigenvalue weighted by Gasteiger charge is 2.34. The number of carbonyl (C=O) groups is 4. The first-order valence-electron chi connectivity index (χ1n) is 19.9. The van der Waals surface area contributed by atoms with E-state index in [4.69, 9.17) is 0 Å². The van der Waals surface area contributed by atoms with Gasteiger partial charge in [-0.05, 0) is 49.2 Å². The van der Waals surface area contributed by atoms with Crippen molar-refractivity contribution in [3.63, 3.8) is 0 Å². The molecule has 0 atom stereocenters. The molecule has 0 unspecified atom stereocenters. The van der Waals surface area contributed by atoms with Crippen molar-refractivity contribution in [2.75, 3.05) is 48.3 Å². The molecular formula is C44H48N8O4S2+2. The lowest BCUT2D eigenvalue weighted by Gasteiger charge is -2.28. The summed E-state index contributed by atoms with van der Waals surface area (Å²) < 4.78 is 8.33. The van der Waals surface area contributed by atoms with Gasteiger partial charge in [-0.25, -0.2) is 18.3 Å². The van der Waals surface area contributed by atoms with Gasteiger partial charge >= 0.3 is 0 Å². The number of anilines is 2. The minimum absolute atomic E-state index is 0.249. The summed E-state index contributed by atoms with van der Waals surface area (Å²) in [5.41, 5.74) is 4.08. The number of hydrogen-bond donors (Lipinski definition) is 2. The van der Waals surface area contributed by atoms with Crippen molar-refractivity contribution in [1.82, 2.24) is 18.9 Å². The van der Waals surface area contributed by atoms with Crippen molar-refractivity contribution in [3.8, 4) is 0 Å². The van der Waals surface area contributed by atoms with Crippen LogP contribution in [0.4, 0.5) is 11.4 Å². The maximum atomic E-state index is 13.6. The molecule has 14 heteroatoms. The summed E-state index contributed by atoms with van der Waals surface area (Å²) in [5.74, 6) is 0.395. The Labute approximate surface area is 345 Å². The number of aromatic nitrogens is 4. The Morgan fingerprint density at radius 2 is 0.983 bits per heavy atom. The summed E-state index contributed by atoms with van der Waals surface area (Å²) in [6, 6.07) is 18.9. The Morgan fingerprint density at radius 1 is 0.517 bits per heavy atom. The zero-order valence-corrected chi connectivity index (χ0v) is 34.5. The van der Waals surface area contributed by atoms with E-state index >= 15 is 0 Å². The molecule has 0 radical (unpaired) electrons. The van der Waals surface area contributed by atoms with Crippen LogP contribution in [0.5, 0.6) is 0 Å². The number of carbonyl (C=O) groups excluding carboxylic acids is 4. The van der Waals surface area contributed by atoms with Gasteiger partial charge in [0.1, 0.15) is 24.8 Å². The molecule has 0 saturated heterocycles. The Morgan fingerprint density at radius 3 is 1.47 bits per heavy atom. The van der Waals surface area contributed by atoms with E-state index in [2.05, 4.69) is 44.8 Å². The highest BCUT2D eigenvalue weighted by atomic mass is 33.1. The van der Waals surface area contributed by atoms with Crippen LogP contribution < -0.4 is 19.8 Å². The molecule has 2 aliphatic heterocycles. The van der Waals surface area contributed by atoms with Gasteiger partial charge in [0, 0.05) is 106 Å². The third-order valence-corrected chi connectivity index (χ3v) is 13.3. The largest absolute Gasteiger partial charge is 0.384 e. The summed E-state index contributed by atoms with van der Waals surface area (Å²) in [5, 5.41) is 10.2. The highest BCUT2D eigenvalue weighted by molar-refractivity contribution is 8.76. The van der Waals surface area contributed by atoms with Crippen LogP contribution in [-0.4, -0.2) is 80.2 Å². The molecule has 4 amide bonds. The van der Waals surface area contributed by atoms with Crippen molar-refractivity contribution < 1.29 is 28.3 Å². The molecule has 298 valence electrons. The normalized spacial score (nSPS) is 13.7. The number of aryl methyl sites for hydroxylation is 4. The molecule has 8 rings (SSSR count). The van der Waals surface area contributed by atoms with Crippen LogP contribution in [0.25, 0.3) is 21.5 Å². The fourth-order valence-corrected chi connectivity index (χ4v) is 10.0. The molecule has 58 heavy (non-hydrogen) atoms. The lowest BCUT2D eigenvalue weighted by Crippen LogP contribution is -2.41. The van der Waals surface area contributed by atoms with Crippen molar-refractivity contribution in [1.29, 1.82) is 0 Å². The third-order valence-electron chi connectivity index (χ3n) is 10.8. The van der Waals surface area contributed by atoms with E-state index in [0.29, 0.717) is 47.5 Å². The fraction of sp³-hybridized carbons (Fsp3) is 0.318. The maximum Gasteiger partial charge on any atom is 0.261 e. The van der Waals surface area contributed by atoms with Crippen molar-refractivity contribution >= 4 is 78.1 Å². The number of amides is 4. The summed E-state index contributed by atoms with van der Waals surface area (Å²) in [4.78, 5) is 57.2. The van der Waals surface area contributed by atoms with E-state index < -0.39 is 0 Å². The smallest absolute Gasteiger partial charge is 0.261 e. The average molecular weight is 817 g/mol. The van der Waals surface area contributed by atoms with E-state index in [9.17, 15) is 19.2 Å². The SMILES string of the molecule is C[n+]1ccn(CCCNc2ccc3c4c(cccc24)C(=O)N(CCCCSSCCN2C(=O)c4cccc5c(NCCCn6cc[n+](C)c6)ccc(c45)C2=O)C3=O)c1. The first kappa shape index (κ1) is 39.2. The molecular weight excluding hydrogens is 769 g/mol. The van der Waals surface area contributed by atoms with Crippen LogP contribution in [0, 0.1) is 0 Å². The summed E-state index contributed by atoms with van der Waals surface area (Å²) >= 11 is 0. The standard InChI is InChI=1S/C44H46N8O4S2/c1-47-22-24-49(29-47)19-7-17-45-37-15-13-35-39-31(37)9-5-11-33(39)41(53)51(43(35)55)21-3-4-27-57-58-28-26-52-42(54)34-12-6-10-32-38(16-14-36(40(32)34)44(52)56)46-18-8-20-50-25-23-48(2)30-50/h5-6,9-16,22-25,29-30H,3-4,7-8,17-21,26-28H2,1-2H3/p+2. The van der Waals surface area contributed by atoms with E-state index in [0.717, 1.165) is 84.1 Å². The molecule has 4 aromatic carbocycles. The molecule has 6 aromatic rings. The minimum atomic E-state index is -0.259. The van der Waals surface area contributed by atoms with E-state index in [1.807, 2.05) is 96.3 Å². The van der Waals surface area contributed by atoms with Crippen LogP contribution in [0.1, 0.15) is 67.1 Å². The molecule has 0 saturated carbocycles. The number of rotatable bonds is 19. The Hall–Kier alpha value is -5.60. The predicted molar refractivity (Wildman–Crippen MR) is 230 cm³/mol. The molecule has 2 aliphatic rings. The molecule has 12 nitrogen and oxygen atoms in total. The first-order chi connectivity index (χ1) is 28.3. The van der Waals surface area contributed by atoms with Gasteiger partial charge in [-0.3, -0.25) is 29.0 Å². The molecule has 2 aromatic heterocycles. The van der Waals surface area contributed by atoms with Gasteiger partial charge in [-0.1, -0.05) is 45.9 Å². The number of hydrogen-bond acceptors (Lipinski definition) is 8. The van der Waals surface area contributed by atoms with Crippen LogP contribution in [-0.2, 0) is 27.2 Å². The number of unbranched alkanes of at least 4 members (excludes halogenated alkanes) is 1. The second kappa shape index (κ2) is 17.5. The van der Waals surface area contributed by atoms with E-state index in [1.165, 1.54) is 9.80 Å².